The molecular weight excluding hydrogens is 294 g/mol. The lowest BCUT2D eigenvalue weighted by molar-refractivity contribution is 0.0598. The minimum atomic E-state index is -0.350. The number of rotatable bonds is 5. The summed E-state index contributed by atoms with van der Waals surface area (Å²) in [6.07, 6.45) is 2.10. The summed E-state index contributed by atoms with van der Waals surface area (Å²) in [5, 5.41) is 19.5. The van der Waals surface area contributed by atoms with E-state index in [2.05, 4.69) is 20.5 Å². The van der Waals surface area contributed by atoms with Crippen molar-refractivity contribution in [3.8, 4) is 6.07 Å². The van der Waals surface area contributed by atoms with Crippen molar-refractivity contribution in [3.05, 3.63) is 46.9 Å². The first-order valence-corrected chi connectivity index (χ1v) is 7.27. The second-order valence-electron chi connectivity index (χ2n) is 5.27. The summed E-state index contributed by atoms with van der Waals surface area (Å²) in [6.45, 7) is 0.460. The SMILES string of the molecule is COC(=O)c1ccc(CNc2ccc(C#N)nn2)nc1C1CC1. The lowest BCUT2D eigenvalue weighted by atomic mass is 10.1. The minimum absolute atomic E-state index is 0.270. The van der Waals surface area contributed by atoms with Crippen LogP contribution in [0.5, 0.6) is 0 Å². The third kappa shape index (κ3) is 3.43. The van der Waals surface area contributed by atoms with Crippen molar-refractivity contribution in [1.82, 2.24) is 15.2 Å². The molecule has 0 amide bonds. The number of anilines is 1. The van der Waals surface area contributed by atoms with Crippen LogP contribution in [0.15, 0.2) is 24.3 Å². The Morgan fingerprint density at radius 1 is 1.35 bits per heavy atom. The molecule has 0 unspecified atom stereocenters. The fourth-order valence-corrected chi connectivity index (χ4v) is 2.23. The number of nitrogens with zero attached hydrogens (tertiary/aromatic N) is 4. The molecule has 1 aliphatic carbocycles. The highest BCUT2D eigenvalue weighted by Crippen LogP contribution is 2.40. The summed E-state index contributed by atoms with van der Waals surface area (Å²) in [6, 6.07) is 8.76. The van der Waals surface area contributed by atoms with E-state index in [1.807, 2.05) is 6.07 Å². The number of nitriles is 1. The fourth-order valence-electron chi connectivity index (χ4n) is 2.23. The molecule has 0 spiro atoms. The van der Waals surface area contributed by atoms with Gasteiger partial charge in [0.15, 0.2) is 5.69 Å². The third-order valence-corrected chi connectivity index (χ3v) is 3.58. The van der Waals surface area contributed by atoms with Gasteiger partial charge in [-0.25, -0.2) is 4.79 Å². The minimum Gasteiger partial charge on any atom is -0.465 e. The molecule has 2 heterocycles. The first-order valence-electron chi connectivity index (χ1n) is 7.27. The monoisotopic (exact) mass is 309 g/mol. The highest BCUT2D eigenvalue weighted by atomic mass is 16.5. The zero-order valence-electron chi connectivity index (χ0n) is 12.6. The number of hydrogen-bond donors (Lipinski definition) is 1. The Morgan fingerprint density at radius 3 is 2.78 bits per heavy atom. The van der Waals surface area contributed by atoms with E-state index in [9.17, 15) is 4.79 Å². The summed E-state index contributed by atoms with van der Waals surface area (Å²) in [5.41, 5.74) is 2.43. The van der Waals surface area contributed by atoms with Crippen molar-refractivity contribution in [3.63, 3.8) is 0 Å². The number of ether oxygens (including phenoxy) is 1. The summed E-state index contributed by atoms with van der Waals surface area (Å²) >= 11 is 0. The number of carbonyl (C=O) groups is 1. The normalized spacial score (nSPS) is 13.2. The van der Waals surface area contributed by atoms with Gasteiger partial charge in [-0.15, -0.1) is 10.2 Å². The van der Waals surface area contributed by atoms with Crippen LogP contribution in [0, 0.1) is 11.3 Å². The van der Waals surface area contributed by atoms with Crippen molar-refractivity contribution in [2.24, 2.45) is 0 Å². The van der Waals surface area contributed by atoms with Gasteiger partial charge in [-0.3, -0.25) is 4.98 Å². The second kappa shape index (κ2) is 6.40. The third-order valence-electron chi connectivity index (χ3n) is 3.58. The molecule has 7 nitrogen and oxygen atoms in total. The van der Waals surface area contributed by atoms with E-state index in [0.29, 0.717) is 23.8 Å². The van der Waals surface area contributed by atoms with Gasteiger partial charge in [0.25, 0.3) is 0 Å². The van der Waals surface area contributed by atoms with E-state index < -0.39 is 0 Å². The molecule has 2 aromatic rings. The number of esters is 1. The fraction of sp³-hybridized carbons (Fsp3) is 0.312. The van der Waals surface area contributed by atoms with Crippen molar-refractivity contribution >= 4 is 11.8 Å². The molecule has 1 N–H and O–H groups in total. The van der Waals surface area contributed by atoms with Gasteiger partial charge in [-0.2, -0.15) is 5.26 Å². The summed E-state index contributed by atoms with van der Waals surface area (Å²) in [7, 11) is 1.37. The molecule has 1 aliphatic rings. The summed E-state index contributed by atoms with van der Waals surface area (Å²) < 4.78 is 4.81. The lowest BCUT2D eigenvalue weighted by Crippen LogP contribution is -2.10. The Morgan fingerprint density at radius 2 is 2.17 bits per heavy atom. The van der Waals surface area contributed by atoms with Crippen LogP contribution >= 0.6 is 0 Å². The van der Waals surface area contributed by atoms with Gasteiger partial charge in [-0.05, 0) is 37.1 Å². The Bertz CT molecular complexity index is 763. The molecule has 2 aromatic heterocycles. The number of pyridine rings is 1. The Labute approximate surface area is 133 Å². The predicted octanol–water partition coefficient (Wildman–Crippen LogP) is 2.02. The number of carbonyl (C=O) groups excluding carboxylic acids is 1. The maximum absolute atomic E-state index is 11.8. The van der Waals surface area contributed by atoms with Crippen LogP contribution in [0.3, 0.4) is 0 Å². The van der Waals surface area contributed by atoms with E-state index in [1.54, 1.807) is 24.3 Å². The van der Waals surface area contributed by atoms with Crippen molar-refractivity contribution in [2.75, 3.05) is 12.4 Å². The first-order chi connectivity index (χ1) is 11.2. The van der Waals surface area contributed by atoms with Gasteiger partial charge in [0.05, 0.1) is 30.6 Å². The average Bonchev–Trinajstić information content (AvgIpc) is 3.44. The van der Waals surface area contributed by atoms with Gasteiger partial charge in [0.1, 0.15) is 11.9 Å². The molecule has 7 heteroatoms. The van der Waals surface area contributed by atoms with E-state index in [4.69, 9.17) is 10.00 Å². The molecule has 0 aromatic carbocycles. The highest BCUT2D eigenvalue weighted by molar-refractivity contribution is 5.90. The lowest BCUT2D eigenvalue weighted by Gasteiger charge is -2.10. The van der Waals surface area contributed by atoms with Gasteiger partial charge in [0, 0.05) is 5.92 Å². The average molecular weight is 309 g/mol. The van der Waals surface area contributed by atoms with E-state index >= 15 is 0 Å². The molecule has 116 valence electrons. The van der Waals surface area contributed by atoms with Crippen LogP contribution in [0.2, 0.25) is 0 Å². The van der Waals surface area contributed by atoms with E-state index in [-0.39, 0.29) is 11.7 Å². The maximum Gasteiger partial charge on any atom is 0.339 e. The quantitative estimate of drug-likeness (QED) is 0.843. The van der Waals surface area contributed by atoms with Crippen LogP contribution < -0.4 is 5.32 Å². The highest BCUT2D eigenvalue weighted by Gasteiger charge is 2.30. The molecule has 1 fully saturated rings. The topological polar surface area (TPSA) is 101 Å². The second-order valence-corrected chi connectivity index (χ2v) is 5.27. The molecule has 3 rings (SSSR count). The molecule has 23 heavy (non-hydrogen) atoms. The van der Waals surface area contributed by atoms with Crippen LogP contribution in [0.25, 0.3) is 0 Å². The van der Waals surface area contributed by atoms with E-state index in [0.717, 1.165) is 24.2 Å². The van der Waals surface area contributed by atoms with Gasteiger partial charge in [0.2, 0.25) is 0 Å². The molecule has 0 aliphatic heterocycles. The van der Waals surface area contributed by atoms with Crippen LogP contribution in [-0.4, -0.2) is 28.3 Å². The summed E-state index contributed by atoms with van der Waals surface area (Å²) in [4.78, 5) is 16.4. The Balaban J connectivity index is 1.74. The van der Waals surface area contributed by atoms with Crippen molar-refractivity contribution < 1.29 is 9.53 Å². The van der Waals surface area contributed by atoms with Crippen LogP contribution in [0.4, 0.5) is 5.82 Å². The van der Waals surface area contributed by atoms with Gasteiger partial charge < -0.3 is 10.1 Å². The zero-order chi connectivity index (χ0) is 16.2. The van der Waals surface area contributed by atoms with Crippen LogP contribution in [-0.2, 0) is 11.3 Å². The Hall–Kier alpha value is -3.01. The number of nitrogens with one attached hydrogen (secondary N) is 1. The molecule has 0 saturated heterocycles. The zero-order valence-corrected chi connectivity index (χ0v) is 12.6. The summed E-state index contributed by atoms with van der Waals surface area (Å²) in [5.74, 6) is 0.562. The number of aromatic nitrogens is 3. The molecule has 0 bridgehead atoms. The molecule has 1 saturated carbocycles. The molecular formula is C16H15N5O2. The number of hydrogen-bond acceptors (Lipinski definition) is 7. The van der Waals surface area contributed by atoms with Gasteiger partial charge >= 0.3 is 5.97 Å². The van der Waals surface area contributed by atoms with E-state index in [1.165, 1.54) is 7.11 Å². The standard InChI is InChI=1S/C16H15N5O2/c1-23-16(22)13-6-4-12(19-15(13)10-2-3-10)9-18-14-7-5-11(8-17)20-21-14/h4-7,10H,2-3,9H2,1H3,(H,18,21). The van der Waals surface area contributed by atoms with Crippen molar-refractivity contribution in [2.45, 2.75) is 25.3 Å². The van der Waals surface area contributed by atoms with Crippen LogP contribution in [0.1, 0.15) is 46.2 Å². The molecule has 0 radical (unpaired) electrons. The largest absolute Gasteiger partial charge is 0.465 e. The van der Waals surface area contributed by atoms with Crippen molar-refractivity contribution in [1.29, 1.82) is 5.26 Å². The first kappa shape index (κ1) is 14.9. The smallest absolute Gasteiger partial charge is 0.339 e. The molecule has 0 atom stereocenters. The predicted molar refractivity (Wildman–Crippen MR) is 81.6 cm³/mol. The number of methoxy groups -OCH3 is 1. The van der Waals surface area contributed by atoms with Gasteiger partial charge in [-0.1, -0.05) is 0 Å². The Kier molecular flexibility index (Phi) is 4.15. The maximum atomic E-state index is 11.8.